The second kappa shape index (κ2) is 17.7. The summed E-state index contributed by atoms with van der Waals surface area (Å²) in [5.74, 6) is -3.57. The molecule has 61 heavy (non-hydrogen) atoms. The predicted octanol–water partition coefficient (Wildman–Crippen LogP) is 4.08. The van der Waals surface area contributed by atoms with Crippen molar-refractivity contribution in [3.8, 4) is 0 Å². The number of H-pyrrole nitrogens is 3. The second-order valence-electron chi connectivity index (χ2n) is 17.5. The van der Waals surface area contributed by atoms with Crippen molar-refractivity contribution >= 4 is 50.6 Å². The molecule has 0 saturated carbocycles. The van der Waals surface area contributed by atoms with Crippen LogP contribution < -0.4 is 16.0 Å². The summed E-state index contributed by atoms with van der Waals surface area (Å²) in [6.07, 6.45) is 3.81. The largest absolute Gasteiger partial charge is 0.481 e. The highest BCUT2D eigenvalue weighted by atomic mass is 16.4. The van der Waals surface area contributed by atoms with E-state index in [1.807, 2.05) is 36.4 Å². The van der Waals surface area contributed by atoms with Crippen LogP contribution in [-0.2, 0) is 53.3 Å². The Labute approximate surface area is 352 Å². The molecule has 3 aliphatic heterocycles. The van der Waals surface area contributed by atoms with Crippen molar-refractivity contribution in [2.45, 2.75) is 58.2 Å². The SMILES string of the molecule is O=C(O)C(Cc1ccc2n[nH]c(CN(Cc3[nH]nc4ccc(CC(C(=O)O)C5CCNC5)cc34)Cc3[nH]nc4ccc(CC(C(=O)O)C5CCNC5)cc34)c2c1)C1CCNC1. The Morgan fingerprint density at radius 2 is 0.836 bits per heavy atom. The summed E-state index contributed by atoms with van der Waals surface area (Å²) in [7, 11) is 0. The summed E-state index contributed by atoms with van der Waals surface area (Å²) in [5.41, 5.74) is 7.84. The van der Waals surface area contributed by atoms with Crippen molar-refractivity contribution in [3.05, 3.63) is 88.4 Å². The molecule has 0 radical (unpaired) electrons. The highest BCUT2D eigenvalue weighted by Gasteiger charge is 2.33. The van der Waals surface area contributed by atoms with Gasteiger partial charge in [0.1, 0.15) is 0 Å². The maximum absolute atomic E-state index is 12.4. The summed E-state index contributed by atoms with van der Waals surface area (Å²) in [5, 5.41) is 67.0. The number of fused-ring (bicyclic) bond motifs is 3. The molecule has 6 unspecified atom stereocenters. The highest BCUT2D eigenvalue weighted by molar-refractivity contribution is 5.84. The quantitative estimate of drug-likeness (QED) is 0.0595. The fraction of sp³-hybridized carbons (Fsp3) is 0.467. The van der Waals surface area contributed by atoms with Crippen molar-refractivity contribution < 1.29 is 29.7 Å². The zero-order chi connectivity index (χ0) is 42.0. The third kappa shape index (κ3) is 8.89. The van der Waals surface area contributed by atoms with Gasteiger partial charge in [0.25, 0.3) is 0 Å². The summed E-state index contributed by atoms with van der Waals surface area (Å²) in [4.78, 5) is 39.5. The van der Waals surface area contributed by atoms with Gasteiger partial charge in [0.15, 0.2) is 0 Å². The van der Waals surface area contributed by atoms with E-state index < -0.39 is 35.7 Å². The van der Waals surface area contributed by atoms with E-state index in [2.05, 4.69) is 69.6 Å². The summed E-state index contributed by atoms with van der Waals surface area (Å²) in [6.45, 7) is 5.94. The number of nitrogens with zero attached hydrogens (tertiary/aromatic N) is 4. The summed E-state index contributed by atoms with van der Waals surface area (Å²) < 4.78 is 0. The lowest BCUT2D eigenvalue weighted by atomic mass is 9.86. The standard InChI is InChI=1S/C45H54N10O6/c56-43(57)31(28-7-10-46-19-28)13-25-1-4-37-34(16-25)40(52-49-37)22-55(23-41-35-17-26(2-5-38(35)50-53-41)14-32(44(58)59)29-8-11-47-20-29)24-42-36-18-27(3-6-39(36)51-54-42)15-33(45(60)61)30-9-12-48-21-30/h1-6,16-18,28-33,46-48H,7-15,19-24H2,(H,49,52)(H,50,53)(H,51,54)(H,56,57)(H,58,59)(H,60,61). The van der Waals surface area contributed by atoms with Gasteiger partial charge >= 0.3 is 17.9 Å². The number of nitrogens with one attached hydrogen (secondary N) is 6. The van der Waals surface area contributed by atoms with Gasteiger partial charge in [0.05, 0.1) is 51.4 Å². The van der Waals surface area contributed by atoms with Crippen LogP contribution in [0, 0.1) is 35.5 Å². The Balaban J connectivity index is 1.03. The van der Waals surface area contributed by atoms with Gasteiger partial charge in [-0.1, -0.05) is 18.2 Å². The normalized spacial score (nSPS) is 20.9. The van der Waals surface area contributed by atoms with E-state index in [9.17, 15) is 29.7 Å². The van der Waals surface area contributed by atoms with Gasteiger partial charge in [-0.15, -0.1) is 0 Å². The molecule has 9 rings (SSSR count). The van der Waals surface area contributed by atoms with Crippen LogP contribution in [0.2, 0.25) is 0 Å². The van der Waals surface area contributed by atoms with E-state index in [-0.39, 0.29) is 17.8 Å². The maximum atomic E-state index is 12.4. The third-order valence-corrected chi connectivity index (χ3v) is 13.6. The molecule has 9 N–H and O–H groups in total. The number of carboxylic acids is 3. The number of carbonyl (C=O) groups is 3. The van der Waals surface area contributed by atoms with E-state index in [4.69, 9.17) is 0 Å². The van der Waals surface area contributed by atoms with E-state index in [1.54, 1.807) is 0 Å². The number of aliphatic carboxylic acids is 3. The predicted molar refractivity (Wildman–Crippen MR) is 229 cm³/mol. The van der Waals surface area contributed by atoms with Gasteiger partial charge in [-0.25, -0.2) is 0 Å². The van der Waals surface area contributed by atoms with Gasteiger partial charge in [-0.2, -0.15) is 15.3 Å². The molecular weight excluding hydrogens is 777 g/mol. The Hall–Kier alpha value is -5.68. The molecule has 0 aliphatic carbocycles. The minimum atomic E-state index is -0.777. The molecule has 0 amide bonds. The molecule has 6 aromatic rings. The number of aromatic amines is 3. The fourth-order valence-electron chi connectivity index (χ4n) is 10.1. The number of carboxylic acid groups (broad SMARTS) is 3. The minimum Gasteiger partial charge on any atom is -0.481 e. The molecule has 0 bridgehead atoms. The van der Waals surface area contributed by atoms with Gasteiger partial charge in [0, 0.05) is 35.8 Å². The molecule has 16 nitrogen and oxygen atoms in total. The monoisotopic (exact) mass is 830 g/mol. The topological polar surface area (TPSA) is 237 Å². The Morgan fingerprint density at radius 3 is 1.10 bits per heavy atom. The van der Waals surface area contributed by atoms with Crippen LogP contribution in [0.3, 0.4) is 0 Å². The Bertz CT molecular complexity index is 2250. The summed E-state index contributed by atoms with van der Waals surface area (Å²) in [6, 6.07) is 18.0. The van der Waals surface area contributed by atoms with E-state index in [0.717, 1.165) is 105 Å². The average Bonchev–Trinajstić information content (AvgIpc) is 4.12. The van der Waals surface area contributed by atoms with Crippen LogP contribution >= 0.6 is 0 Å². The third-order valence-electron chi connectivity index (χ3n) is 13.6. The van der Waals surface area contributed by atoms with E-state index in [1.165, 1.54) is 0 Å². The van der Waals surface area contributed by atoms with Crippen LogP contribution in [0.1, 0.15) is 53.0 Å². The van der Waals surface area contributed by atoms with Crippen molar-refractivity contribution in [2.75, 3.05) is 39.3 Å². The summed E-state index contributed by atoms with van der Waals surface area (Å²) >= 11 is 0. The molecule has 6 atom stereocenters. The molecule has 3 aromatic heterocycles. The molecule has 6 heterocycles. The van der Waals surface area contributed by atoms with Crippen molar-refractivity contribution in [3.63, 3.8) is 0 Å². The lowest BCUT2D eigenvalue weighted by molar-refractivity contribution is -0.144. The zero-order valence-electron chi connectivity index (χ0n) is 34.1. The van der Waals surface area contributed by atoms with Gasteiger partial charge in [-0.3, -0.25) is 34.6 Å². The first-order valence-corrected chi connectivity index (χ1v) is 21.6. The number of hydrogen-bond acceptors (Lipinski definition) is 10. The maximum Gasteiger partial charge on any atom is 0.307 e. The number of rotatable bonds is 18. The van der Waals surface area contributed by atoms with Crippen LogP contribution in [0.5, 0.6) is 0 Å². The number of hydrogen-bond donors (Lipinski definition) is 9. The molecular formula is C45H54N10O6. The molecule has 3 saturated heterocycles. The number of aromatic nitrogens is 6. The molecule has 3 aliphatic rings. The molecule has 0 spiro atoms. The Kier molecular flexibility index (Phi) is 11.8. The van der Waals surface area contributed by atoms with Crippen LogP contribution in [0.25, 0.3) is 32.7 Å². The van der Waals surface area contributed by atoms with Crippen LogP contribution in [0.15, 0.2) is 54.6 Å². The van der Waals surface area contributed by atoms with Gasteiger partial charge < -0.3 is 31.3 Å². The van der Waals surface area contributed by atoms with E-state index in [0.29, 0.717) is 58.5 Å². The Morgan fingerprint density at radius 1 is 0.525 bits per heavy atom. The molecule has 3 aromatic carbocycles. The van der Waals surface area contributed by atoms with Gasteiger partial charge in [-0.05, 0) is 149 Å². The minimum absolute atomic E-state index is 0.0754. The fourth-order valence-corrected chi connectivity index (χ4v) is 10.1. The lowest BCUT2D eigenvalue weighted by Gasteiger charge is -2.22. The molecule has 3 fully saturated rings. The second-order valence-corrected chi connectivity index (χ2v) is 17.5. The lowest BCUT2D eigenvalue weighted by Crippen LogP contribution is -2.27. The number of benzene rings is 3. The molecule has 16 heteroatoms. The highest BCUT2D eigenvalue weighted by Crippen LogP contribution is 2.31. The van der Waals surface area contributed by atoms with Crippen molar-refractivity contribution in [2.24, 2.45) is 35.5 Å². The van der Waals surface area contributed by atoms with Crippen molar-refractivity contribution in [1.82, 2.24) is 51.4 Å². The average molecular weight is 831 g/mol. The molecule has 320 valence electrons. The van der Waals surface area contributed by atoms with E-state index >= 15 is 0 Å². The zero-order valence-corrected chi connectivity index (χ0v) is 34.1. The first kappa shape index (κ1) is 40.7. The van der Waals surface area contributed by atoms with Crippen LogP contribution in [-0.4, -0.2) is 108 Å². The van der Waals surface area contributed by atoms with Crippen LogP contribution in [0.4, 0.5) is 0 Å². The smallest absolute Gasteiger partial charge is 0.307 e. The first-order valence-electron chi connectivity index (χ1n) is 21.6. The first-order chi connectivity index (χ1) is 29.7. The van der Waals surface area contributed by atoms with Gasteiger partial charge in [0.2, 0.25) is 0 Å². The van der Waals surface area contributed by atoms with Crippen molar-refractivity contribution in [1.29, 1.82) is 0 Å².